The molecule has 0 spiro atoms. The van der Waals surface area contributed by atoms with E-state index in [-0.39, 0.29) is 17.4 Å². The zero-order valence-electron chi connectivity index (χ0n) is 14.3. The van der Waals surface area contributed by atoms with Gasteiger partial charge in [-0.25, -0.2) is 4.68 Å². The molecule has 3 aromatic rings. The van der Waals surface area contributed by atoms with Gasteiger partial charge in [0.25, 0.3) is 11.5 Å². The first-order valence-corrected chi connectivity index (χ1v) is 9.01. The van der Waals surface area contributed by atoms with Crippen molar-refractivity contribution in [1.82, 2.24) is 24.9 Å². The van der Waals surface area contributed by atoms with Crippen LogP contribution in [0.25, 0.3) is 10.9 Å². The molecule has 0 radical (unpaired) electrons. The van der Waals surface area contributed by atoms with E-state index in [2.05, 4.69) is 15.3 Å². The number of hydrogen-bond donors (Lipinski definition) is 1. The summed E-state index contributed by atoms with van der Waals surface area (Å²) in [4.78, 5) is 26.7. The number of para-hydroxylation sites is 1. The summed E-state index contributed by atoms with van der Waals surface area (Å²) in [5, 5.41) is 12.4. The fraction of sp³-hybridized carbons (Fsp3) is 0.368. The highest BCUT2D eigenvalue weighted by Gasteiger charge is 2.33. The van der Waals surface area contributed by atoms with E-state index in [1.54, 1.807) is 15.6 Å². The molecule has 1 N–H and O–H groups in total. The third kappa shape index (κ3) is 2.42. The fourth-order valence-corrected chi connectivity index (χ4v) is 3.94. The van der Waals surface area contributed by atoms with Crippen molar-refractivity contribution in [3.8, 4) is 0 Å². The number of hydrogen-bond acceptors (Lipinski definition) is 4. The lowest BCUT2D eigenvalue weighted by molar-refractivity contribution is 0.0454. The van der Waals surface area contributed by atoms with Gasteiger partial charge in [-0.1, -0.05) is 18.2 Å². The van der Waals surface area contributed by atoms with Crippen LogP contribution in [0.3, 0.4) is 0 Å². The number of carbonyl (C=O) groups excluding carboxylic acids is 1. The van der Waals surface area contributed by atoms with Crippen LogP contribution >= 0.6 is 0 Å². The van der Waals surface area contributed by atoms with Crippen molar-refractivity contribution in [1.29, 1.82) is 0 Å². The third-order valence-electron chi connectivity index (χ3n) is 5.37. The number of nitrogens with zero attached hydrogens (tertiary/aromatic N) is 4. The Morgan fingerprint density at radius 3 is 2.96 bits per heavy atom. The Labute approximate surface area is 149 Å². The molecule has 26 heavy (non-hydrogen) atoms. The largest absolute Gasteiger partial charge is 0.336 e. The Balaban J connectivity index is 1.28. The number of aryl methyl sites for hydroxylation is 2. The number of aromatic amines is 1. The number of nitrogens with one attached hydrogen (secondary N) is 1. The van der Waals surface area contributed by atoms with Crippen LogP contribution in [0, 0.1) is 5.92 Å². The number of rotatable bonds is 3. The van der Waals surface area contributed by atoms with Crippen molar-refractivity contribution < 1.29 is 4.79 Å². The first-order chi connectivity index (χ1) is 12.7. The monoisotopic (exact) mass is 349 g/mol. The minimum atomic E-state index is -0.0621. The molecular weight excluding hydrogens is 330 g/mol. The summed E-state index contributed by atoms with van der Waals surface area (Å²) in [6, 6.07) is 9.35. The first kappa shape index (κ1) is 15.3. The first-order valence-electron chi connectivity index (χ1n) is 9.01. The van der Waals surface area contributed by atoms with Gasteiger partial charge in [-0.15, -0.1) is 0 Å². The van der Waals surface area contributed by atoms with Gasteiger partial charge in [-0.2, -0.15) is 10.2 Å². The Bertz CT molecular complexity index is 1060. The summed E-state index contributed by atoms with van der Waals surface area (Å²) in [5.74, 6) is 0.196. The Morgan fingerprint density at radius 1 is 1.23 bits per heavy atom. The third-order valence-corrected chi connectivity index (χ3v) is 5.37. The molecule has 2 aliphatic rings. The van der Waals surface area contributed by atoms with Crippen LogP contribution in [0.5, 0.6) is 0 Å². The fourth-order valence-electron chi connectivity index (χ4n) is 3.94. The second-order valence-corrected chi connectivity index (χ2v) is 7.18. The van der Waals surface area contributed by atoms with Crippen molar-refractivity contribution in [2.24, 2.45) is 5.92 Å². The van der Waals surface area contributed by atoms with Crippen molar-refractivity contribution in [2.75, 3.05) is 13.1 Å². The van der Waals surface area contributed by atoms with Gasteiger partial charge in [-0.3, -0.25) is 14.7 Å². The van der Waals surface area contributed by atoms with E-state index in [9.17, 15) is 9.59 Å². The molecule has 0 atom stereocenters. The number of fused-ring (bicyclic) bond motifs is 2. The number of aromatic nitrogens is 4. The van der Waals surface area contributed by atoms with Gasteiger partial charge in [0.15, 0.2) is 5.69 Å². The van der Waals surface area contributed by atoms with Gasteiger partial charge in [0.1, 0.15) is 0 Å². The molecule has 7 heteroatoms. The lowest BCUT2D eigenvalue weighted by Gasteiger charge is -2.38. The second kappa shape index (κ2) is 5.79. The molecule has 1 aliphatic carbocycles. The smallest absolute Gasteiger partial charge is 0.275 e. The van der Waals surface area contributed by atoms with Crippen LogP contribution < -0.4 is 5.56 Å². The minimum Gasteiger partial charge on any atom is -0.336 e. The normalized spacial score (nSPS) is 16.7. The van der Waals surface area contributed by atoms with E-state index in [0.717, 1.165) is 41.4 Å². The second-order valence-electron chi connectivity index (χ2n) is 7.18. The molecule has 7 nitrogen and oxygen atoms in total. The quantitative estimate of drug-likeness (QED) is 0.774. The van der Waals surface area contributed by atoms with Gasteiger partial charge < -0.3 is 4.90 Å². The summed E-state index contributed by atoms with van der Waals surface area (Å²) in [6.45, 7) is 1.83. The molecule has 0 bridgehead atoms. The highest BCUT2D eigenvalue weighted by Crippen LogP contribution is 2.23. The molecule has 1 amide bonds. The maximum atomic E-state index is 12.7. The van der Waals surface area contributed by atoms with E-state index in [1.807, 2.05) is 24.3 Å². The molecule has 5 rings (SSSR count). The molecule has 0 unspecified atom stereocenters. The lowest BCUT2D eigenvalue weighted by atomic mass is 9.99. The Kier molecular flexibility index (Phi) is 3.41. The molecule has 1 saturated heterocycles. The standard InChI is InChI=1S/C19H19N5O2/c25-17-8-13-4-3-7-15(13)22-24(17)11-12-9-23(10-12)19(26)18-14-5-1-2-6-16(14)20-21-18/h1-2,5-6,8,12H,3-4,7,9-11H2,(H,20,21). The predicted molar refractivity (Wildman–Crippen MR) is 96.0 cm³/mol. The number of carbonyl (C=O) groups is 1. The summed E-state index contributed by atoms with van der Waals surface area (Å²) < 4.78 is 1.57. The Hall–Kier alpha value is -2.96. The summed E-state index contributed by atoms with van der Waals surface area (Å²) >= 11 is 0. The average molecular weight is 349 g/mol. The van der Waals surface area contributed by atoms with Gasteiger partial charge in [0, 0.05) is 30.5 Å². The topological polar surface area (TPSA) is 83.9 Å². The van der Waals surface area contributed by atoms with E-state index < -0.39 is 0 Å². The van der Waals surface area contributed by atoms with Gasteiger partial charge in [0.2, 0.25) is 0 Å². The van der Waals surface area contributed by atoms with Crippen LogP contribution in [-0.2, 0) is 19.4 Å². The van der Waals surface area contributed by atoms with Crippen molar-refractivity contribution in [3.63, 3.8) is 0 Å². The van der Waals surface area contributed by atoms with Crippen LogP contribution in [0.4, 0.5) is 0 Å². The zero-order valence-corrected chi connectivity index (χ0v) is 14.3. The molecule has 1 aliphatic heterocycles. The van der Waals surface area contributed by atoms with Crippen LogP contribution in [0.15, 0.2) is 35.1 Å². The number of likely N-dealkylation sites (tertiary alicyclic amines) is 1. The average Bonchev–Trinajstić information content (AvgIpc) is 3.23. The maximum absolute atomic E-state index is 12.7. The van der Waals surface area contributed by atoms with Crippen LogP contribution in [0.1, 0.15) is 28.2 Å². The molecule has 3 heterocycles. The Morgan fingerprint density at radius 2 is 2.08 bits per heavy atom. The van der Waals surface area contributed by atoms with E-state index in [0.29, 0.717) is 25.3 Å². The highest BCUT2D eigenvalue weighted by molar-refractivity contribution is 6.04. The van der Waals surface area contributed by atoms with Gasteiger partial charge in [-0.05, 0) is 30.9 Å². The number of benzene rings is 1. The van der Waals surface area contributed by atoms with E-state index in [1.165, 1.54) is 0 Å². The van der Waals surface area contributed by atoms with Gasteiger partial charge in [0.05, 0.1) is 17.8 Å². The number of H-pyrrole nitrogens is 1. The number of amides is 1. The molecule has 0 saturated carbocycles. The highest BCUT2D eigenvalue weighted by atomic mass is 16.2. The van der Waals surface area contributed by atoms with Crippen molar-refractivity contribution >= 4 is 16.8 Å². The zero-order chi connectivity index (χ0) is 17.7. The lowest BCUT2D eigenvalue weighted by Crippen LogP contribution is -2.52. The molecule has 1 fully saturated rings. The summed E-state index contributed by atoms with van der Waals surface area (Å²) in [6.07, 6.45) is 2.99. The minimum absolute atomic E-state index is 0.0336. The summed E-state index contributed by atoms with van der Waals surface area (Å²) in [5.41, 5.74) is 3.45. The maximum Gasteiger partial charge on any atom is 0.275 e. The predicted octanol–water partition coefficient (Wildman–Crippen LogP) is 1.38. The van der Waals surface area contributed by atoms with Crippen LogP contribution in [-0.4, -0.2) is 43.9 Å². The molecule has 1 aromatic carbocycles. The summed E-state index contributed by atoms with van der Waals surface area (Å²) in [7, 11) is 0. The van der Waals surface area contributed by atoms with E-state index >= 15 is 0 Å². The van der Waals surface area contributed by atoms with Gasteiger partial charge >= 0.3 is 0 Å². The van der Waals surface area contributed by atoms with Crippen LogP contribution in [0.2, 0.25) is 0 Å². The molecular formula is C19H19N5O2. The molecule has 2 aromatic heterocycles. The SMILES string of the molecule is O=C(c1n[nH]c2ccccc12)N1CC(Cn2nc3c(cc2=O)CCC3)C1. The van der Waals surface area contributed by atoms with Crippen molar-refractivity contribution in [2.45, 2.75) is 25.8 Å². The van der Waals surface area contributed by atoms with E-state index in [4.69, 9.17) is 0 Å². The molecule has 132 valence electrons. The van der Waals surface area contributed by atoms with Crippen molar-refractivity contribution in [3.05, 3.63) is 57.6 Å².